The molecule has 0 saturated carbocycles. The number of ether oxygens (including phenoxy) is 2. The van der Waals surface area contributed by atoms with E-state index in [9.17, 15) is 9.59 Å². The van der Waals surface area contributed by atoms with Crippen molar-refractivity contribution in [3.05, 3.63) is 57.2 Å². The average molecular weight is 443 g/mol. The second-order valence-corrected chi connectivity index (χ2v) is 7.89. The Hall–Kier alpha value is -2.93. The van der Waals surface area contributed by atoms with Gasteiger partial charge in [-0.3, -0.25) is 0 Å². The molecular formula is C24H30N2O4S. The van der Waals surface area contributed by atoms with Crippen molar-refractivity contribution < 1.29 is 19.1 Å². The minimum absolute atomic E-state index is 0.101. The van der Waals surface area contributed by atoms with Gasteiger partial charge in [0.25, 0.3) is 0 Å². The Morgan fingerprint density at radius 2 is 1.77 bits per heavy atom. The highest BCUT2D eigenvalue weighted by Gasteiger charge is 2.25. The van der Waals surface area contributed by atoms with E-state index >= 15 is 0 Å². The molecule has 0 spiro atoms. The minimum Gasteiger partial charge on any atom is -0.462 e. The highest BCUT2D eigenvalue weighted by Crippen LogP contribution is 2.22. The van der Waals surface area contributed by atoms with Crippen LogP contribution in [0.5, 0.6) is 0 Å². The molecular weight excluding hydrogens is 412 g/mol. The van der Waals surface area contributed by atoms with Gasteiger partial charge in [-0.15, -0.1) is 11.3 Å². The van der Waals surface area contributed by atoms with Crippen LogP contribution < -0.4 is 5.32 Å². The molecule has 0 aliphatic carbocycles. The molecule has 0 unspecified atom stereocenters. The summed E-state index contributed by atoms with van der Waals surface area (Å²) in [4.78, 5) is 29.4. The third kappa shape index (κ3) is 7.07. The molecule has 7 heteroatoms. The van der Waals surface area contributed by atoms with Crippen LogP contribution in [0, 0.1) is 0 Å². The van der Waals surface area contributed by atoms with Crippen molar-refractivity contribution in [3.8, 4) is 0 Å². The van der Waals surface area contributed by atoms with Gasteiger partial charge in [-0.25, -0.2) is 14.6 Å². The Bertz CT molecular complexity index is 940. The number of nitrogens with one attached hydrogen (secondary N) is 1. The lowest BCUT2D eigenvalue weighted by atomic mass is 10.1. The zero-order chi connectivity index (χ0) is 22.8. The molecule has 0 radical (unpaired) electrons. The first-order valence-electron chi connectivity index (χ1n) is 10.5. The van der Waals surface area contributed by atoms with Crippen LogP contribution in [-0.2, 0) is 19.1 Å². The lowest BCUT2D eigenvalue weighted by Crippen LogP contribution is -2.22. The van der Waals surface area contributed by atoms with E-state index in [1.807, 2.05) is 43.3 Å². The smallest absolute Gasteiger partial charge is 0.347 e. The molecule has 1 aromatic heterocycles. The average Bonchev–Trinajstić information content (AvgIpc) is 3.22. The Kier molecular flexibility index (Phi) is 9.46. The zero-order valence-electron chi connectivity index (χ0n) is 18.7. The lowest BCUT2D eigenvalue weighted by Gasteiger charge is -2.15. The Balaban J connectivity index is 2.28. The third-order valence-electron chi connectivity index (χ3n) is 4.35. The van der Waals surface area contributed by atoms with Gasteiger partial charge in [0.05, 0.1) is 18.9 Å². The molecule has 1 N–H and O–H groups in total. The summed E-state index contributed by atoms with van der Waals surface area (Å²) in [6, 6.07) is 7.70. The van der Waals surface area contributed by atoms with Gasteiger partial charge in [0.2, 0.25) is 0 Å². The van der Waals surface area contributed by atoms with Gasteiger partial charge in [-0.05, 0) is 50.0 Å². The van der Waals surface area contributed by atoms with Gasteiger partial charge in [-0.2, -0.15) is 0 Å². The van der Waals surface area contributed by atoms with E-state index in [1.54, 1.807) is 25.2 Å². The number of allylic oxidation sites excluding steroid dienone is 1. The van der Waals surface area contributed by atoms with E-state index in [2.05, 4.69) is 29.5 Å². The van der Waals surface area contributed by atoms with E-state index in [-0.39, 0.29) is 18.8 Å². The molecule has 1 aromatic carbocycles. The normalized spacial score (nSPS) is 10.9. The standard InChI is InChI=1S/C24H30N2O4S/c1-6-19(22(23(27)29-7-2)24(28)30-8-3)25-18-11-9-10-17(14-18)12-13-21-26-20(15-31-21)16(4)5/h9-16,25H,6-8H2,1-5H3/b13-12+. The SMILES string of the molecule is CCOC(=O)C(C(=O)OCC)=C(CC)Nc1cccc(/C=C/c2nc(C(C)C)cs2)c1. The van der Waals surface area contributed by atoms with E-state index in [0.29, 0.717) is 18.0 Å². The summed E-state index contributed by atoms with van der Waals surface area (Å²) in [5, 5.41) is 6.22. The number of carbonyl (C=O) groups is 2. The maximum Gasteiger partial charge on any atom is 0.347 e. The molecule has 0 amide bonds. The first-order valence-corrected chi connectivity index (χ1v) is 11.3. The summed E-state index contributed by atoms with van der Waals surface area (Å²) in [5.74, 6) is -0.977. The fraction of sp³-hybridized carbons (Fsp3) is 0.375. The van der Waals surface area contributed by atoms with Crippen LogP contribution in [0.4, 0.5) is 5.69 Å². The number of rotatable bonds is 10. The van der Waals surface area contributed by atoms with E-state index in [0.717, 1.165) is 22.0 Å². The molecule has 31 heavy (non-hydrogen) atoms. The lowest BCUT2D eigenvalue weighted by molar-refractivity contribution is -0.146. The predicted octanol–water partition coefficient (Wildman–Crippen LogP) is 5.64. The molecule has 0 aliphatic heterocycles. The summed E-state index contributed by atoms with van der Waals surface area (Å²) in [7, 11) is 0. The maximum absolute atomic E-state index is 12.4. The van der Waals surface area contributed by atoms with Crippen molar-refractivity contribution >= 4 is 41.1 Å². The number of aromatic nitrogens is 1. The van der Waals surface area contributed by atoms with Crippen molar-refractivity contribution in [1.82, 2.24) is 4.98 Å². The third-order valence-corrected chi connectivity index (χ3v) is 5.17. The monoisotopic (exact) mass is 442 g/mol. The van der Waals surface area contributed by atoms with E-state index in [4.69, 9.17) is 9.47 Å². The van der Waals surface area contributed by atoms with Crippen LogP contribution in [0.3, 0.4) is 0 Å². The highest BCUT2D eigenvalue weighted by atomic mass is 32.1. The zero-order valence-corrected chi connectivity index (χ0v) is 19.5. The van der Waals surface area contributed by atoms with Crippen LogP contribution >= 0.6 is 11.3 Å². The van der Waals surface area contributed by atoms with Gasteiger partial charge >= 0.3 is 11.9 Å². The van der Waals surface area contributed by atoms with Crippen LogP contribution in [0.15, 0.2) is 40.9 Å². The molecule has 166 valence electrons. The predicted molar refractivity (Wildman–Crippen MR) is 126 cm³/mol. The minimum atomic E-state index is -0.689. The van der Waals surface area contributed by atoms with E-state index in [1.165, 1.54) is 0 Å². The number of esters is 2. The van der Waals surface area contributed by atoms with Crippen molar-refractivity contribution in [2.24, 2.45) is 0 Å². The summed E-state index contributed by atoms with van der Waals surface area (Å²) < 4.78 is 10.1. The second-order valence-electron chi connectivity index (χ2n) is 7.00. The van der Waals surface area contributed by atoms with Crippen molar-refractivity contribution in [2.75, 3.05) is 18.5 Å². The molecule has 1 heterocycles. The van der Waals surface area contributed by atoms with Crippen molar-refractivity contribution in [2.45, 2.75) is 47.0 Å². The molecule has 0 aliphatic rings. The number of hydrogen-bond acceptors (Lipinski definition) is 7. The summed E-state index contributed by atoms with van der Waals surface area (Å²) in [6.07, 6.45) is 4.40. The molecule has 0 atom stereocenters. The number of anilines is 1. The summed E-state index contributed by atoms with van der Waals surface area (Å²) in [6.45, 7) is 9.85. The van der Waals surface area contributed by atoms with Crippen LogP contribution in [0.25, 0.3) is 12.2 Å². The fourth-order valence-corrected chi connectivity index (χ4v) is 3.64. The molecule has 2 rings (SSSR count). The number of hydrogen-bond donors (Lipinski definition) is 1. The van der Waals surface area contributed by atoms with Gasteiger partial charge in [-0.1, -0.05) is 39.0 Å². The quantitative estimate of drug-likeness (QED) is 0.222. The Morgan fingerprint density at radius 3 is 2.32 bits per heavy atom. The summed E-state index contributed by atoms with van der Waals surface area (Å²) in [5.41, 5.74) is 3.17. The highest BCUT2D eigenvalue weighted by molar-refractivity contribution is 7.10. The molecule has 2 aromatic rings. The summed E-state index contributed by atoms with van der Waals surface area (Å²) >= 11 is 1.61. The molecule has 6 nitrogen and oxygen atoms in total. The van der Waals surface area contributed by atoms with Crippen LogP contribution in [0.2, 0.25) is 0 Å². The van der Waals surface area contributed by atoms with Gasteiger partial charge < -0.3 is 14.8 Å². The topological polar surface area (TPSA) is 77.5 Å². The van der Waals surface area contributed by atoms with Gasteiger partial charge in [0.1, 0.15) is 5.01 Å². The molecule has 0 bridgehead atoms. The van der Waals surface area contributed by atoms with Crippen molar-refractivity contribution in [3.63, 3.8) is 0 Å². The first-order chi connectivity index (χ1) is 14.9. The van der Waals surface area contributed by atoms with Gasteiger partial charge in [0, 0.05) is 16.8 Å². The molecule has 0 fully saturated rings. The van der Waals surface area contributed by atoms with Crippen LogP contribution in [0.1, 0.15) is 63.2 Å². The number of nitrogens with zero attached hydrogens (tertiary/aromatic N) is 1. The van der Waals surface area contributed by atoms with Gasteiger partial charge in [0.15, 0.2) is 5.57 Å². The largest absolute Gasteiger partial charge is 0.462 e. The molecule has 0 saturated heterocycles. The number of benzene rings is 1. The van der Waals surface area contributed by atoms with E-state index < -0.39 is 11.9 Å². The first kappa shape index (κ1) is 24.3. The Labute approximate surface area is 188 Å². The number of thiazole rings is 1. The Morgan fingerprint density at radius 1 is 1.10 bits per heavy atom. The fourth-order valence-electron chi connectivity index (χ4n) is 2.77. The van der Waals surface area contributed by atoms with Crippen LogP contribution in [-0.4, -0.2) is 30.1 Å². The second kappa shape index (κ2) is 12.1. The number of carbonyl (C=O) groups excluding carboxylic acids is 2. The van der Waals surface area contributed by atoms with Crippen molar-refractivity contribution in [1.29, 1.82) is 0 Å². The maximum atomic E-state index is 12.4.